The zero-order valence-corrected chi connectivity index (χ0v) is 6.71. The van der Waals surface area contributed by atoms with Crippen LogP contribution >= 0.6 is 11.6 Å². The van der Waals surface area contributed by atoms with Crippen LogP contribution in [0.1, 0.15) is 0 Å². The van der Waals surface area contributed by atoms with Crippen molar-refractivity contribution in [1.29, 1.82) is 0 Å². The van der Waals surface area contributed by atoms with Gasteiger partial charge in [-0.1, -0.05) is 5.16 Å². The fraction of sp³-hybridized carbons (Fsp3) is 0. The highest BCUT2D eigenvalue weighted by Crippen LogP contribution is 2.24. The first kappa shape index (κ1) is 7.24. The highest BCUT2D eigenvalue weighted by atomic mass is 35.5. The third-order valence-electron chi connectivity index (χ3n) is 1.35. The Morgan fingerprint density at radius 2 is 2.25 bits per heavy atom. The number of rotatable bonds is 1. The molecule has 12 heavy (non-hydrogen) atoms. The number of nitrogen functional groups attached to an aromatic ring is 1. The van der Waals surface area contributed by atoms with Crippen molar-refractivity contribution >= 4 is 17.5 Å². The number of hydrogen-bond acceptors (Lipinski definition) is 4. The Labute approximate surface area is 72.9 Å². The van der Waals surface area contributed by atoms with Gasteiger partial charge >= 0.3 is 0 Å². The summed E-state index contributed by atoms with van der Waals surface area (Å²) in [6.45, 7) is 0. The highest BCUT2D eigenvalue weighted by molar-refractivity contribution is 6.28. The molecule has 0 unspecified atom stereocenters. The van der Waals surface area contributed by atoms with Crippen LogP contribution in [0.4, 0.5) is 5.88 Å². The first-order valence-electron chi connectivity index (χ1n) is 3.23. The number of furan rings is 1. The Morgan fingerprint density at radius 1 is 1.42 bits per heavy atom. The minimum atomic E-state index is 0.248. The molecule has 0 fully saturated rings. The quantitative estimate of drug-likeness (QED) is 0.738. The fourth-order valence-electron chi connectivity index (χ4n) is 0.857. The monoisotopic (exact) mass is 184 g/mol. The summed E-state index contributed by atoms with van der Waals surface area (Å²) in [4.78, 5) is 0. The van der Waals surface area contributed by atoms with E-state index in [2.05, 4.69) is 9.68 Å². The van der Waals surface area contributed by atoms with Gasteiger partial charge < -0.3 is 14.7 Å². The molecule has 0 aliphatic rings. The van der Waals surface area contributed by atoms with Crippen LogP contribution in [-0.4, -0.2) is 5.16 Å². The van der Waals surface area contributed by atoms with E-state index in [1.54, 1.807) is 18.2 Å². The van der Waals surface area contributed by atoms with E-state index in [0.29, 0.717) is 16.7 Å². The number of aromatic nitrogens is 1. The van der Waals surface area contributed by atoms with Crippen LogP contribution in [0.25, 0.3) is 11.5 Å². The Hall–Kier alpha value is -1.42. The van der Waals surface area contributed by atoms with E-state index < -0.39 is 0 Å². The second-order valence-electron chi connectivity index (χ2n) is 2.22. The summed E-state index contributed by atoms with van der Waals surface area (Å²) >= 11 is 5.56. The number of hydrogen-bond donors (Lipinski definition) is 1. The average Bonchev–Trinajstić information content (AvgIpc) is 2.58. The van der Waals surface area contributed by atoms with Gasteiger partial charge in [-0.2, -0.15) is 0 Å². The first-order valence-corrected chi connectivity index (χ1v) is 3.61. The molecule has 2 aromatic heterocycles. The average molecular weight is 185 g/mol. The van der Waals surface area contributed by atoms with E-state index in [0.717, 1.165) is 0 Å². The summed E-state index contributed by atoms with van der Waals surface area (Å²) in [6.07, 6.45) is 0. The topological polar surface area (TPSA) is 65.2 Å². The first-order chi connectivity index (χ1) is 5.75. The second-order valence-corrected chi connectivity index (χ2v) is 2.59. The maximum Gasteiger partial charge on any atom is 0.222 e. The fourth-order valence-corrected chi connectivity index (χ4v) is 1.00. The van der Waals surface area contributed by atoms with E-state index >= 15 is 0 Å². The third-order valence-corrected chi connectivity index (χ3v) is 1.56. The summed E-state index contributed by atoms with van der Waals surface area (Å²) in [7, 11) is 0. The number of halogens is 1. The van der Waals surface area contributed by atoms with Crippen molar-refractivity contribution in [2.75, 3.05) is 5.73 Å². The van der Waals surface area contributed by atoms with Crippen LogP contribution in [0, 0.1) is 0 Å². The lowest BCUT2D eigenvalue weighted by Crippen LogP contribution is -1.75. The van der Waals surface area contributed by atoms with Gasteiger partial charge in [-0.3, -0.25) is 0 Å². The van der Waals surface area contributed by atoms with Crippen LogP contribution in [0.5, 0.6) is 0 Å². The lowest BCUT2D eigenvalue weighted by molar-refractivity contribution is 0.436. The van der Waals surface area contributed by atoms with Gasteiger partial charge in [-0.15, -0.1) is 0 Å². The molecule has 62 valence electrons. The molecule has 0 aliphatic heterocycles. The smallest absolute Gasteiger partial charge is 0.222 e. The van der Waals surface area contributed by atoms with Gasteiger partial charge in [0.1, 0.15) is 0 Å². The SMILES string of the molecule is Nc1cc(-c2ccc(Cl)o2)no1. The molecule has 4 nitrogen and oxygen atoms in total. The van der Waals surface area contributed by atoms with Crippen LogP contribution in [0.2, 0.25) is 5.22 Å². The van der Waals surface area contributed by atoms with Gasteiger partial charge in [-0.25, -0.2) is 0 Å². The van der Waals surface area contributed by atoms with Gasteiger partial charge in [0.05, 0.1) is 0 Å². The van der Waals surface area contributed by atoms with Crippen molar-refractivity contribution in [2.24, 2.45) is 0 Å². The molecule has 5 heteroatoms. The Balaban J connectivity index is 2.43. The number of nitrogens with two attached hydrogens (primary N) is 1. The maximum atomic E-state index is 5.56. The molecule has 0 bridgehead atoms. The molecule has 2 heterocycles. The zero-order valence-electron chi connectivity index (χ0n) is 5.95. The molecular weight excluding hydrogens is 180 g/mol. The number of nitrogens with zero attached hydrogens (tertiary/aromatic N) is 1. The van der Waals surface area contributed by atoms with Gasteiger partial charge in [0.15, 0.2) is 16.7 Å². The molecule has 0 aromatic carbocycles. The normalized spacial score (nSPS) is 10.4. The number of anilines is 1. The largest absolute Gasteiger partial charge is 0.443 e. The lowest BCUT2D eigenvalue weighted by atomic mass is 10.3. The van der Waals surface area contributed by atoms with Crippen LogP contribution in [0.3, 0.4) is 0 Å². The minimum absolute atomic E-state index is 0.248. The van der Waals surface area contributed by atoms with Crippen molar-refractivity contribution in [3.63, 3.8) is 0 Å². The summed E-state index contributed by atoms with van der Waals surface area (Å²) in [5.41, 5.74) is 5.86. The van der Waals surface area contributed by atoms with Crippen LogP contribution in [-0.2, 0) is 0 Å². The summed E-state index contributed by atoms with van der Waals surface area (Å²) < 4.78 is 9.72. The lowest BCUT2D eigenvalue weighted by Gasteiger charge is -1.83. The Bertz CT molecular complexity index is 355. The van der Waals surface area contributed by atoms with Crippen molar-refractivity contribution < 1.29 is 8.94 Å². The predicted octanol–water partition coefficient (Wildman–Crippen LogP) is 2.17. The molecule has 0 saturated heterocycles. The molecule has 2 aromatic rings. The third kappa shape index (κ3) is 1.16. The summed E-state index contributed by atoms with van der Waals surface area (Å²) in [5.74, 6) is 0.790. The minimum Gasteiger partial charge on any atom is -0.443 e. The highest BCUT2D eigenvalue weighted by Gasteiger charge is 2.07. The Morgan fingerprint density at radius 3 is 2.75 bits per heavy atom. The maximum absolute atomic E-state index is 5.56. The van der Waals surface area contributed by atoms with E-state index in [9.17, 15) is 0 Å². The zero-order chi connectivity index (χ0) is 8.55. The summed E-state index contributed by atoms with van der Waals surface area (Å²) in [5, 5.41) is 3.96. The van der Waals surface area contributed by atoms with Crippen LogP contribution in [0.15, 0.2) is 27.1 Å². The van der Waals surface area contributed by atoms with E-state index in [1.165, 1.54) is 0 Å². The van der Waals surface area contributed by atoms with Crippen molar-refractivity contribution in [1.82, 2.24) is 5.16 Å². The standard InChI is InChI=1S/C7H5ClN2O2/c8-6-2-1-5(11-6)4-3-7(9)12-10-4/h1-3H,9H2. The molecule has 2 N–H and O–H groups in total. The van der Waals surface area contributed by atoms with Gasteiger partial charge in [0.25, 0.3) is 0 Å². The van der Waals surface area contributed by atoms with E-state index in [4.69, 9.17) is 21.8 Å². The molecule has 0 amide bonds. The second kappa shape index (κ2) is 2.57. The molecule has 0 radical (unpaired) electrons. The molecule has 0 saturated carbocycles. The predicted molar refractivity (Wildman–Crippen MR) is 43.6 cm³/mol. The Kier molecular flexibility index (Phi) is 1.55. The van der Waals surface area contributed by atoms with Crippen molar-refractivity contribution in [3.8, 4) is 11.5 Å². The molecule has 0 aliphatic carbocycles. The van der Waals surface area contributed by atoms with Crippen LogP contribution < -0.4 is 5.73 Å². The van der Waals surface area contributed by atoms with E-state index in [1.807, 2.05) is 0 Å². The van der Waals surface area contributed by atoms with Crippen molar-refractivity contribution in [3.05, 3.63) is 23.4 Å². The van der Waals surface area contributed by atoms with Gasteiger partial charge in [0, 0.05) is 6.07 Å². The molecule has 2 rings (SSSR count). The molecule has 0 spiro atoms. The molecule has 0 atom stereocenters. The molecular formula is C7H5ClN2O2. The summed E-state index contributed by atoms with van der Waals surface area (Å²) in [6, 6.07) is 4.89. The van der Waals surface area contributed by atoms with E-state index in [-0.39, 0.29) is 5.88 Å². The van der Waals surface area contributed by atoms with Gasteiger partial charge in [-0.05, 0) is 23.7 Å². The van der Waals surface area contributed by atoms with Gasteiger partial charge in [0.2, 0.25) is 5.88 Å². The van der Waals surface area contributed by atoms with Crippen molar-refractivity contribution in [2.45, 2.75) is 0 Å².